The van der Waals surface area contributed by atoms with Crippen LogP contribution in [0, 0.1) is 11.3 Å². The van der Waals surface area contributed by atoms with Gasteiger partial charge in [0.05, 0.1) is 17.9 Å². The van der Waals surface area contributed by atoms with Crippen molar-refractivity contribution in [1.82, 2.24) is 9.55 Å². The van der Waals surface area contributed by atoms with Crippen LogP contribution in [-0.2, 0) is 18.6 Å². The van der Waals surface area contributed by atoms with Gasteiger partial charge in [0.1, 0.15) is 12.4 Å². The predicted octanol–water partition coefficient (Wildman–Crippen LogP) is 0.944. The van der Waals surface area contributed by atoms with Gasteiger partial charge in [-0.15, -0.1) is 0 Å². The molecule has 0 amide bonds. The molecule has 2 N–H and O–H groups in total. The first-order valence-corrected chi connectivity index (χ1v) is 8.10. The molecule has 0 saturated heterocycles. The normalized spacial score (nSPS) is 22.1. The van der Waals surface area contributed by atoms with Crippen LogP contribution in [0.4, 0.5) is 5.82 Å². The van der Waals surface area contributed by atoms with Crippen LogP contribution in [0.15, 0.2) is 22.6 Å². The minimum absolute atomic E-state index is 0.131. The smallest absolute Gasteiger partial charge is 0.353 e. The second kappa shape index (κ2) is 7.10. The van der Waals surface area contributed by atoms with Crippen LogP contribution in [0.1, 0.15) is 20.3 Å². The van der Waals surface area contributed by atoms with Gasteiger partial charge >= 0.3 is 11.7 Å². The van der Waals surface area contributed by atoms with Gasteiger partial charge in [0, 0.05) is 12.4 Å². The van der Waals surface area contributed by atoms with Crippen molar-refractivity contribution in [2.45, 2.75) is 20.3 Å². The maximum Gasteiger partial charge on any atom is 0.353 e. The van der Waals surface area contributed by atoms with Crippen molar-refractivity contribution < 1.29 is 18.6 Å². The minimum atomic E-state index is -1.35. The molecule has 23 heavy (non-hydrogen) atoms. The number of nitrogens with zero attached hydrogens (tertiary/aromatic N) is 2. The highest BCUT2D eigenvalue weighted by Gasteiger charge is 2.50. The number of hydrogen-bond acceptors (Lipinski definition) is 7. The van der Waals surface area contributed by atoms with Gasteiger partial charge in [-0.05, 0) is 18.1 Å². The Hall–Kier alpha value is -1.92. The lowest BCUT2D eigenvalue weighted by molar-refractivity contribution is -0.149. The van der Waals surface area contributed by atoms with Crippen molar-refractivity contribution in [1.29, 1.82) is 0 Å². The summed E-state index contributed by atoms with van der Waals surface area (Å²) < 4.78 is 22.3. The molecule has 1 aliphatic rings. The number of nitrogen functional groups attached to an aromatic ring is 1. The molecule has 9 heteroatoms. The van der Waals surface area contributed by atoms with Crippen molar-refractivity contribution in [2.24, 2.45) is 11.3 Å². The molecule has 0 aliphatic heterocycles. The van der Waals surface area contributed by atoms with Gasteiger partial charge in [0.15, 0.2) is 8.69 Å². The number of esters is 1. The Labute approximate surface area is 134 Å². The third kappa shape index (κ3) is 4.30. The van der Waals surface area contributed by atoms with Crippen molar-refractivity contribution >= 4 is 26.7 Å². The second-order valence-corrected chi connectivity index (χ2v) is 6.35. The molecule has 0 spiro atoms. The van der Waals surface area contributed by atoms with E-state index in [2.05, 4.69) is 4.98 Å². The zero-order chi connectivity index (χ0) is 17.0. The van der Waals surface area contributed by atoms with E-state index in [0.29, 0.717) is 6.42 Å². The van der Waals surface area contributed by atoms with Crippen LogP contribution in [0.2, 0.25) is 0 Å². The van der Waals surface area contributed by atoms with Gasteiger partial charge in [0.2, 0.25) is 0 Å². The number of aromatic nitrogens is 2. The standard InChI is InChI=1S/C14H20N3O5P/c1-9(2)12(18)21-7-14(8-22-23-20)5-10(14)6-17-4-3-11(15)16-13(17)19/h3-4,6,9H,5,7-8,23H2,1-2H3,(H2,15,16,19)/b10-6-. The summed E-state index contributed by atoms with van der Waals surface area (Å²) in [5.41, 5.74) is 5.30. The molecule has 1 aromatic heterocycles. The van der Waals surface area contributed by atoms with E-state index in [9.17, 15) is 14.2 Å². The molecular formula is C14H20N3O5P. The number of hydrogen-bond donors (Lipinski definition) is 1. The maximum atomic E-state index is 11.7. The van der Waals surface area contributed by atoms with E-state index in [1.54, 1.807) is 20.0 Å². The molecule has 1 fully saturated rings. The van der Waals surface area contributed by atoms with Crippen LogP contribution in [-0.4, -0.2) is 28.7 Å². The first-order valence-electron chi connectivity index (χ1n) is 7.16. The molecule has 1 aromatic rings. The van der Waals surface area contributed by atoms with Gasteiger partial charge in [0.25, 0.3) is 0 Å². The summed E-state index contributed by atoms with van der Waals surface area (Å²) >= 11 is 0. The fourth-order valence-electron chi connectivity index (χ4n) is 2.09. The van der Waals surface area contributed by atoms with E-state index < -0.39 is 19.8 Å². The number of nitrogens with two attached hydrogens (primary N) is 1. The van der Waals surface area contributed by atoms with Gasteiger partial charge in [-0.25, -0.2) is 4.79 Å². The Bertz CT molecular complexity index is 700. The summed E-state index contributed by atoms with van der Waals surface area (Å²) in [6, 6.07) is 1.51. The molecule has 2 rings (SSSR count). The van der Waals surface area contributed by atoms with Crippen LogP contribution in [0.5, 0.6) is 0 Å². The van der Waals surface area contributed by atoms with Crippen LogP contribution >= 0.6 is 8.69 Å². The molecule has 2 unspecified atom stereocenters. The predicted molar refractivity (Wildman–Crippen MR) is 86.4 cm³/mol. The second-order valence-electron chi connectivity index (χ2n) is 5.82. The number of rotatable bonds is 7. The Morgan fingerprint density at radius 2 is 2.30 bits per heavy atom. The maximum absolute atomic E-state index is 11.7. The largest absolute Gasteiger partial charge is 0.464 e. The summed E-state index contributed by atoms with van der Waals surface area (Å²) in [7, 11) is -1.35. The molecule has 0 bridgehead atoms. The summed E-state index contributed by atoms with van der Waals surface area (Å²) in [5, 5.41) is 0. The van der Waals surface area contributed by atoms with E-state index in [1.165, 1.54) is 16.8 Å². The third-order valence-corrected chi connectivity index (χ3v) is 3.92. The van der Waals surface area contributed by atoms with Crippen LogP contribution in [0.25, 0.3) is 6.20 Å². The van der Waals surface area contributed by atoms with E-state index in [-0.39, 0.29) is 30.9 Å². The highest BCUT2D eigenvalue weighted by Crippen LogP contribution is 2.53. The summed E-state index contributed by atoms with van der Waals surface area (Å²) in [6.45, 7) is 3.81. The zero-order valence-electron chi connectivity index (χ0n) is 13.0. The lowest BCUT2D eigenvalue weighted by Crippen LogP contribution is -2.22. The third-order valence-electron chi connectivity index (χ3n) is 3.62. The van der Waals surface area contributed by atoms with Gasteiger partial charge in [-0.2, -0.15) is 4.98 Å². The summed E-state index contributed by atoms with van der Waals surface area (Å²) in [6.07, 6.45) is 3.73. The Balaban J connectivity index is 2.15. The minimum Gasteiger partial charge on any atom is -0.464 e. The van der Waals surface area contributed by atoms with Crippen molar-refractivity contribution in [3.05, 3.63) is 28.3 Å². The lowest BCUT2D eigenvalue weighted by atomic mass is 10.1. The molecule has 1 aliphatic carbocycles. The van der Waals surface area contributed by atoms with Gasteiger partial charge in [-0.3, -0.25) is 13.9 Å². The Morgan fingerprint density at radius 3 is 2.91 bits per heavy atom. The molecule has 1 saturated carbocycles. The van der Waals surface area contributed by atoms with Crippen molar-refractivity contribution in [2.75, 3.05) is 18.9 Å². The SMILES string of the molecule is CC(C)C(=O)OCC1(CO[PH2]=O)C/C1=C/n1ccc(N)nc1=O. The summed E-state index contributed by atoms with van der Waals surface area (Å²) in [5.74, 6) is -0.388. The number of carbonyl (C=O) groups excluding carboxylic acids is 1. The van der Waals surface area contributed by atoms with E-state index in [4.69, 9.17) is 15.0 Å². The fraction of sp³-hybridized carbons (Fsp3) is 0.500. The first kappa shape index (κ1) is 17.4. The number of anilines is 1. The lowest BCUT2D eigenvalue weighted by Gasteiger charge is -2.15. The average molecular weight is 341 g/mol. The van der Waals surface area contributed by atoms with E-state index in [0.717, 1.165) is 5.57 Å². The van der Waals surface area contributed by atoms with Crippen LogP contribution < -0.4 is 11.4 Å². The first-order chi connectivity index (χ1) is 10.9. The van der Waals surface area contributed by atoms with Crippen molar-refractivity contribution in [3.8, 4) is 0 Å². The summed E-state index contributed by atoms with van der Waals surface area (Å²) in [4.78, 5) is 27.0. The van der Waals surface area contributed by atoms with Crippen LogP contribution in [0.3, 0.4) is 0 Å². The molecular weight excluding hydrogens is 321 g/mol. The van der Waals surface area contributed by atoms with E-state index in [1.807, 2.05) is 0 Å². The Kier molecular flexibility index (Phi) is 5.38. The highest BCUT2D eigenvalue weighted by atomic mass is 31.1. The van der Waals surface area contributed by atoms with E-state index >= 15 is 0 Å². The Morgan fingerprint density at radius 1 is 1.57 bits per heavy atom. The molecule has 1 heterocycles. The number of ether oxygens (including phenoxy) is 1. The number of carbonyl (C=O) groups is 1. The van der Waals surface area contributed by atoms with Gasteiger partial charge < -0.3 is 15.0 Å². The molecule has 126 valence electrons. The topological polar surface area (TPSA) is 114 Å². The highest BCUT2D eigenvalue weighted by molar-refractivity contribution is 7.17. The monoisotopic (exact) mass is 341 g/mol. The fourth-order valence-corrected chi connectivity index (χ4v) is 2.48. The van der Waals surface area contributed by atoms with Crippen molar-refractivity contribution in [3.63, 3.8) is 0 Å². The average Bonchev–Trinajstić information content (AvgIpc) is 3.18. The molecule has 0 aromatic carbocycles. The molecule has 0 radical (unpaired) electrons. The van der Waals surface area contributed by atoms with Gasteiger partial charge in [-0.1, -0.05) is 13.8 Å². The molecule has 2 atom stereocenters. The molecule has 8 nitrogen and oxygen atoms in total. The zero-order valence-corrected chi connectivity index (χ0v) is 14.2. The quantitative estimate of drug-likeness (QED) is 0.580.